The van der Waals surface area contributed by atoms with Crippen molar-refractivity contribution < 1.29 is 0 Å². The summed E-state index contributed by atoms with van der Waals surface area (Å²) in [5.74, 6) is 0.362. The first-order valence-electron chi connectivity index (χ1n) is 8.99. The normalized spacial score (nSPS) is 24.0. The first kappa shape index (κ1) is 15.3. The molecule has 0 saturated carbocycles. The van der Waals surface area contributed by atoms with Crippen molar-refractivity contribution in [2.45, 2.75) is 37.6 Å². The van der Waals surface area contributed by atoms with E-state index in [9.17, 15) is 5.26 Å². The summed E-state index contributed by atoms with van der Waals surface area (Å²) >= 11 is 0. The summed E-state index contributed by atoms with van der Waals surface area (Å²) < 4.78 is 0. The minimum Gasteiger partial charge on any atom is -0.384 e. The highest BCUT2D eigenvalue weighted by molar-refractivity contribution is 5.46. The molecule has 0 radical (unpaired) electrons. The Morgan fingerprint density at radius 3 is 2.88 bits per heavy atom. The number of nitrogens with one attached hydrogen (secondary N) is 3. The Kier molecular flexibility index (Phi) is 4.27. The van der Waals surface area contributed by atoms with Gasteiger partial charge in [0.2, 0.25) is 0 Å². The predicted octanol–water partition coefficient (Wildman–Crippen LogP) is 2.52. The number of nitriles is 1. The average Bonchev–Trinajstić information content (AvgIpc) is 3.11. The van der Waals surface area contributed by atoms with Crippen LogP contribution in [0.1, 0.15) is 42.7 Å². The summed E-state index contributed by atoms with van der Waals surface area (Å²) in [6, 6.07) is 10.9. The van der Waals surface area contributed by atoms with Crippen LogP contribution in [-0.2, 0) is 0 Å². The minimum absolute atomic E-state index is 0.362. The van der Waals surface area contributed by atoms with Gasteiger partial charge in [0.1, 0.15) is 0 Å². The lowest BCUT2D eigenvalue weighted by atomic mass is 9.85. The molecule has 3 aliphatic rings. The van der Waals surface area contributed by atoms with E-state index in [2.05, 4.69) is 34.2 Å². The van der Waals surface area contributed by atoms with Crippen LogP contribution in [-0.4, -0.2) is 25.7 Å². The number of allylic oxidation sites excluding steroid dienone is 3. The topological polar surface area (TPSA) is 59.9 Å². The van der Waals surface area contributed by atoms with Crippen molar-refractivity contribution in [3.05, 3.63) is 58.4 Å². The van der Waals surface area contributed by atoms with Crippen LogP contribution >= 0.6 is 0 Å². The smallest absolute Gasteiger partial charge is 0.0991 e. The van der Waals surface area contributed by atoms with E-state index in [1.165, 1.54) is 35.4 Å². The SMILES string of the molecule is N#Cc1cccc(C2C=C3CCNC3=C(NC3CCNCC3)C2)c1. The number of benzene rings is 1. The zero-order chi connectivity index (χ0) is 16.4. The third-order valence-electron chi connectivity index (χ3n) is 5.31. The van der Waals surface area contributed by atoms with Crippen LogP contribution in [0, 0.1) is 11.3 Å². The van der Waals surface area contributed by atoms with Crippen LogP contribution in [0.25, 0.3) is 0 Å². The van der Waals surface area contributed by atoms with E-state index in [4.69, 9.17) is 0 Å². The van der Waals surface area contributed by atoms with Gasteiger partial charge in [-0.1, -0.05) is 18.2 Å². The Hall–Kier alpha value is -2.25. The molecule has 0 aromatic heterocycles. The maximum Gasteiger partial charge on any atom is 0.0991 e. The van der Waals surface area contributed by atoms with Gasteiger partial charge in [-0.15, -0.1) is 0 Å². The molecule has 0 bridgehead atoms. The molecule has 1 aliphatic carbocycles. The predicted molar refractivity (Wildman–Crippen MR) is 95.3 cm³/mol. The first-order valence-corrected chi connectivity index (χ1v) is 8.99. The third kappa shape index (κ3) is 3.05. The van der Waals surface area contributed by atoms with Gasteiger partial charge in [-0.3, -0.25) is 0 Å². The Morgan fingerprint density at radius 2 is 2.04 bits per heavy atom. The van der Waals surface area contributed by atoms with Crippen LogP contribution in [0.4, 0.5) is 0 Å². The summed E-state index contributed by atoms with van der Waals surface area (Å²) in [4.78, 5) is 0. The molecule has 0 amide bonds. The molecule has 2 fully saturated rings. The van der Waals surface area contributed by atoms with Crippen LogP contribution in [0.3, 0.4) is 0 Å². The lowest BCUT2D eigenvalue weighted by molar-refractivity contribution is 0.403. The average molecular weight is 320 g/mol. The number of hydrogen-bond donors (Lipinski definition) is 3. The van der Waals surface area contributed by atoms with E-state index in [1.807, 2.05) is 18.2 Å². The maximum atomic E-state index is 9.18. The van der Waals surface area contributed by atoms with E-state index in [-0.39, 0.29) is 0 Å². The monoisotopic (exact) mass is 320 g/mol. The molecule has 1 aromatic rings. The van der Waals surface area contributed by atoms with Gasteiger partial charge in [-0.25, -0.2) is 0 Å². The minimum atomic E-state index is 0.362. The van der Waals surface area contributed by atoms with Gasteiger partial charge in [0, 0.05) is 24.2 Å². The number of rotatable bonds is 3. The summed E-state index contributed by atoms with van der Waals surface area (Å²) in [7, 11) is 0. The Balaban J connectivity index is 1.59. The molecule has 1 aromatic carbocycles. The molecule has 3 N–H and O–H groups in total. The van der Waals surface area contributed by atoms with Crippen molar-refractivity contribution >= 4 is 0 Å². The second-order valence-electron chi connectivity index (χ2n) is 6.94. The van der Waals surface area contributed by atoms with E-state index in [0.717, 1.165) is 38.0 Å². The number of hydrogen-bond acceptors (Lipinski definition) is 4. The Bertz CT molecular complexity index is 719. The molecular weight excluding hydrogens is 296 g/mol. The molecule has 24 heavy (non-hydrogen) atoms. The fourth-order valence-corrected chi connectivity index (χ4v) is 4.05. The molecule has 4 nitrogen and oxygen atoms in total. The van der Waals surface area contributed by atoms with E-state index in [1.54, 1.807) is 0 Å². The molecule has 2 heterocycles. The largest absolute Gasteiger partial charge is 0.384 e. The fraction of sp³-hybridized carbons (Fsp3) is 0.450. The standard InChI is InChI=1S/C20H24N4/c21-13-14-2-1-3-15(10-14)17-11-16-4-9-23-20(16)19(12-17)24-18-5-7-22-8-6-18/h1-3,10-11,17-18,22-24H,4-9,12H2. The van der Waals surface area contributed by atoms with Crippen molar-refractivity contribution in [2.75, 3.05) is 19.6 Å². The maximum absolute atomic E-state index is 9.18. The van der Waals surface area contributed by atoms with Crippen LogP contribution in [0.2, 0.25) is 0 Å². The van der Waals surface area contributed by atoms with Crippen molar-refractivity contribution in [3.8, 4) is 6.07 Å². The van der Waals surface area contributed by atoms with E-state index in [0.29, 0.717) is 12.0 Å². The van der Waals surface area contributed by atoms with Gasteiger partial charge in [-0.2, -0.15) is 5.26 Å². The lowest BCUT2D eigenvalue weighted by Crippen LogP contribution is -2.40. The van der Waals surface area contributed by atoms with Crippen LogP contribution in [0.15, 0.2) is 47.3 Å². The zero-order valence-electron chi connectivity index (χ0n) is 13.9. The molecule has 2 saturated heterocycles. The lowest BCUT2D eigenvalue weighted by Gasteiger charge is -2.31. The third-order valence-corrected chi connectivity index (χ3v) is 5.31. The Morgan fingerprint density at radius 1 is 1.17 bits per heavy atom. The van der Waals surface area contributed by atoms with E-state index >= 15 is 0 Å². The molecule has 124 valence electrons. The first-order chi connectivity index (χ1) is 11.8. The number of nitrogens with zero attached hydrogens (tertiary/aromatic N) is 1. The van der Waals surface area contributed by atoms with Crippen molar-refractivity contribution in [1.29, 1.82) is 5.26 Å². The van der Waals surface area contributed by atoms with Gasteiger partial charge in [-0.05, 0) is 62.0 Å². The second-order valence-corrected chi connectivity index (χ2v) is 6.94. The van der Waals surface area contributed by atoms with Gasteiger partial charge in [0.15, 0.2) is 0 Å². The highest BCUT2D eigenvalue weighted by Crippen LogP contribution is 2.37. The second kappa shape index (κ2) is 6.70. The van der Waals surface area contributed by atoms with Gasteiger partial charge >= 0.3 is 0 Å². The Labute approximate surface area is 143 Å². The number of piperidine rings is 1. The van der Waals surface area contributed by atoms with Gasteiger partial charge < -0.3 is 16.0 Å². The molecule has 2 aliphatic heterocycles. The van der Waals surface area contributed by atoms with Crippen molar-refractivity contribution in [3.63, 3.8) is 0 Å². The molecule has 4 heteroatoms. The van der Waals surface area contributed by atoms with Gasteiger partial charge in [0.05, 0.1) is 17.3 Å². The van der Waals surface area contributed by atoms with Crippen LogP contribution < -0.4 is 16.0 Å². The van der Waals surface area contributed by atoms with Crippen LogP contribution in [0.5, 0.6) is 0 Å². The summed E-state index contributed by atoms with van der Waals surface area (Å²) in [6.07, 6.45) is 6.86. The van der Waals surface area contributed by atoms with E-state index < -0.39 is 0 Å². The number of fused-ring (bicyclic) bond motifs is 1. The molecule has 0 spiro atoms. The zero-order valence-corrected chi connectivity index (χ0v) is 13.9. The fourth-order valence-electron chi connectivity index (χ4n) is 4.05. The summed E-state index contributed by atoms with van der Waals surface area (Å²) in [5, 5.41) is 20.0. The highest BCUT2D eigenvalue weighted by atomic mass is 15.0. The van der Waals surface area contributed by atoms with Crippen molar-refractivity contribution in [1.82, 2.24) is 16.0 Å². The molecule has 4 rings (SSSR count). The molecular formula is C20H24N4. The quantitative estimate of drug-likeness (QED) is 0.801. The molecule has 1 atom stereocenters. The highest BCUT2D eigenvalue weighted by Gasteiger charge is 2.28. The summed E-state index contributed by atoms with van der Waals surface area (Å²) in [5.41, 5.74) is 6.13. The summed E-state index contributed by atoms with van der Waals surface area (Å²) in [6.45, 7) is 3.23. The van der Waals surface area contributed by atoms with Crippen molar-refractivity contribution in [2.24, 2.45) is 0 Å². The van der Waals surface area contributed by atoms with Gasteiger partial charge in [0.25, 0.3) is 0 Å². The molecule has 1 unspecified atom stereocenters.